The van der Waals surface area contributed by atoms with Crippen molar-refractivity contribution in [2.75, 3.05) is 18.1 Å². The highest BCUT2D eigenvalue weighted by Crippen LogP contribution is 2.45. The topological polar surface area (TPSA) is 72.8 Å². The van der Waals surface area contributed by atoms with Crippen molar-refractivity contribution in [3.8, 4) is 5.75 Å². The Morgan fingerprint density at radius 3 is 2.68 bits per heavy atom. The van der Waals surface area contributed by atoms with Gasteiger partial charge >= 0.3 is 5.97 Å². The van der Waals surface area contributed by atoms with E-state index in [4.69, 9.17) is 14.6 Å². The van der Waals surface area contributed by atoms with Crippen molar-refractivity contribution in [1.29, 1.82) is 0 Å². The van der Waals surface area contributed by atoms with Crippen LogP contribution in [0.3, 0.4) is 0 Å². The third kappa shape index (κ3) is 6.17. The first-order valence-electron chi connectivity index (χ1n) is 10.2. The maximum Gasteiger partial charge on any atom is 0.303 e. The number of unbranched alkanes of at least 4 members (excludes halogenated alkanes) is 1. The number of hydrogen-bond acceptors (Lipinski definition) is 4. The summed E-state index contributed by atoms with van der Waals surface area (Å²) in [5.41, 5.74) is 0. The molecule has 154 valence electrons. The average molecular weight is 407 g/mol. The van der Waals surface area contributed by atoms with Gasteiger partial charge in [0.05, 0.1) is 24.6 Å². The smallest absolute Gasteiger partial charge is 0.303 e. The first-order chi connectivity index (χ1) is 13.6. The molecule has 2 heterocycles. The average Bonchev–Trinajstić information content (AvgIpc) is 3.27. The highest BCUT2D eigenvalue weighted by molar-refractivity contribution is 7.85. The minimum absolute atomic E-state index is 0.217. The van der Waals surface area contributed by atoms with E-state index < -0.39 is 16.8 Å². The second-order valence-electron chi connectivity index (χ2n) is 7.58. The third-order valence-corrected chi connectivity index (χ3v) is 7.01. The molecule has 0 aliphatic carbocycles. The van der Waals surface area contributed by atoms with Gasteiger partial charge in [-0.3, -0.25) is 9.00 Å². The normalized spacial score (nSPS) is 27.3. The van der Waals surface area contributed by atoms with E-state index in [1.165, 1.54) is 0 Å². The third-order valence-electron chi connectivity index (χ3n) is 5.63. The summed E-state index contributed by atoms with van der Waals surface area (Å²) in [6.07, 6.45) is 9.56. The van der Waals surface area contributed by atoms with Crippen molar-refractivity contribution in [2.24, 2.45) is 11.8 Å². The fourth-order valence-corrected chi connectivity index (χ4v) is 5.56. The van der Waals surface area contributed by atoms with Gasteiger partial charge in [0.2, 0.25) is 0 Å². The molecular weight excluding hydrogens is 376 g/mol. The van der Waals surface area contributed by atoms with Crippen LogP contribution in [0.25, 0.3) is 0 Å². The van der Waals surface area contributed by atoms with Crippen molar-refractivity contribution in [2.45, 2.75) is 50.7 Å². The molecule has 1 aromatic rings. The largest absolute Gasteiger partial charge is 0.493 e. The minimum Gasteiger partial charge on any atom is -0.493 e. The number of fused-ring (bicyclic) bond motifs is 2. The molecule has 0 aromatic heterocycles. The van der Waals surface area contributed by atoms with Crippen molar-refractivity contribution in [3.63, 3.8) is 0 Å². The van der Waals surface area contributed by atoms with Crippen LogP contribution >= 0.6 is 0 Å². The number of carbonyl (C=O) groups is 1. The molecule has 2 fully saturated rings. The molecule has 5 nitrogen and oxygen atoms in total. The molecule has 0 radical (unpaired) electrons. The van der Waals surface area contributed by atoms with Gasteiger partial charge in [-0.1, -0.05) is 30.4 Å². The molecule has 6 heteroatoms. The van der Waals surface area contributed by atoms with Gasteiger partial charge in [0.25, 0.3) is 0 Å². The summed E-state index contributed by atoms with van der Waals surface area (Å²) in [6.45, 7) is 0.465. The number of aliphatic carboxylic acids is 1. The number of para-hydroxylation sites is 1. The molecule has 5 atom stereocenters. The second-order valence-corrected chi connectivity index (χ2v) is 9.20. The SMILES string of the molecule is O=C(O)CCCC=CC[C@@H]1[C@H](CS(=O)CCOc2ccccc2)[C@@H]2CC[C@H]1O2. The molecule has 0 saturated carbocycles. The van der Waals surface area contributed by atoms with E-state index in [-0.39, 0.29) is 18.6 Å². The summed E-state index contributed by atoms with van der Waals surface area (Å²) >= 11 is 0. The summed E-state index contributed by atoms with van der Waals surface area (Å²) in [6, 6.07) is 9.62. The van der Waals surface area contributed by atoms with Gasteiger partial charge in [0.15, 0.2) is 0 Å². The van der Waals surface area contributed by atoms with Gasteiger partial charge in [-0.2, -0.15) is 0 Å². The van der Waals surface area contributed by atoms with Crippen LogP contribution in [-0.2, 0) is 20.3 Å². The molecule has 2 aliphatic rings. The van der Waals surface area contributed by atoms with Crippen molar-refractivity contribution < 1.29 is 23.6 Å². The molecule has 0 spiro atoms. The van der Waals surface area contributed by atoms with Crippen LogP contribution in [0.5, 0.6) is 5.75 Å². The van der Waals surface area contributed by atoms with Gasteiger partial charge in [0, 0.05) is 28.9 Å². The molecule has 2 saturated heterocycles. The molecular formula is C22H30O5S. The van der Waals surface area contributed by atoms with Crippen molar-refractivity contribution in [3.05, 3.63) is 42.5 Å². The van der Waals surface area contributed by atoms with Crippen molar-refractivity contribution in [1.82, 2.24) is 0 Å². The fourth-order valence-electron chi connectivity index (χ4n) is 4.24. The Hall–Kier alpha value is -1.66. The summed E-state index contributed by atoms with van der Waals surface area (Å²) in [5.74, 6) is 2.06. The minimum atomic E-state index is -0.916. The number of allylic oxidation sites excluding steroid dienone is 2. The number of ether oxygens (including phenoxy) is 2. The van der Waals surface area contributed by atoms with Gasteiger partial charge < -0.3 is 14.6 Å². The molecule has 0 amide bonds. The van der Waals surface area contributed by atoms with Gasteiger partial charge in [-0.05, 0) is 50.2 Å². The number of carboxylic acid groups (broad SMARTS) is 1. The lowest BCUT2D eigenvalue weighted by Gasteiger charge is -2.26. The summed E-state index contributed by atoms with van der Waals surface area (Å²) in [7, 11) is -0.916. The Bertz CT molecular complexity index is 675. The molecule has 1 unspecified atom stereocenters. The lowest BCUT2D eigenvalue weighted by Crippen LogP contribution is -2.32. The Morgan fingerprint density at radius 2 is 1.93 bits per heavy atom. The Morgan fingerprint density at radius 1 is 1.18 bits per heavy atom. The Labute approximate surface area is 169 Å². The van der Waals surface area contributed by atoms with Crippen LogP contribution in [-0.4, -0.2) is 45.6 Å². The molecule has 28 heavy (non-hydrogen) atoms. The fraction of sp³-hybridized carbons (Fsp3) is 0.591. The number of hydrogen-bond donors (Lipinski definition) is 1. The summed E-state index contributed by atoms with van der Waals surface area (Å²) < 4.78 is 24.4. The van der Waals surface area contributed by atoms with Crippen LogP contribution in [0.1, 0.15) is 38.5 Å². The first-order valence-corrected chi connectivity index (χ1v) is 11.7. The molecule has 1 aromatic carbocycles. The maximum atomic E-state index is 12.6. The zero-order chi connectivity index (χ0) is 19.8. The van der Waals surface area contributed by atoms with Crippen LogP contribution < -0.4 is 4.74 Å². The zero-order valence-electron chi connectivity index (χ0n) is 16.2. The predicted octanol–water partition coefficient (Wildman–Crippen LogP) is 3.81. The van der Waals surface area contributed by atoms with E-state index >= 15 is 0 Å². The van der Waals surface area contributed by atoms with Crippen molar-refractivity contribution >= 4 is 16.8 Å². The lowest BCUT2D eigenvalue weighted by atomic mass is 9.78. The Balaban J connectivity index is 1.41. The first kappa shape index (κ1) is 21.1. The number of carboxylic acids is 1. The molecule has 2 bridgehead atoms. The highest BCUT2D eigenvalue weighted by atomic mass is 32.2. The number of rotatable bonds is 12. The van der Waals surface area contributed by atoms with E-state index in [1.807, 2.05) is 30.3 Å². The summed E-state index contributed by atoms with van der Waals surface area (Å²) in [5, 5.41) is 8.68. The van der Waals surface area contributed by atoms with Gasteiger partial charge in [-0.15, -0.1) is 0 Å². The Kier molecular flexibility index (Phi) is 8.10. The van der Waals surface area contributed by atoms with E-state index in [9.17, 15) is 9.00 Å². The van der Waals surface area contributed by atoms with Gasteiger partial charge in [-0.25, -0.2) is 0 Å². The highest BCUT2D eigenvalue weighted by Gasteiger charge is 2.48. The van der Waals surface area contributed by atoms with E-state index in [2.05, 4.69) is 12.2 Å². The molecule has 2 aliphatic heterocycles. The van der Waals surface area contributed by atoms with E-state index in [1.54, 1.807) is 0 Å². The van der Waals surface area contributed by atoms with Crippen LogP contribution in [0.4, 0.5) is 0 Å². The monoisotopic (exact) mass is 406 g/mol. The van der Waals surface area contributed by atoms with Crippen LogP contribution in [0, 0.1) is 11.8 Å². The standard InChI is InChI=1S/C22H30O5S/c23-22(24)11-7-2-1-6-10-18-19(21-13-12-20(18)27-21)16-28(25)15-14-26-17-8-4-3-5-9-17/h1,3-6,8-9,18-21H,2,7,10-16H2,(H,23,24)/t18-,19+,20-,21+,28?/m1/s1. The molecule has 1 N–H and O–H groups in total. The maximum absolute atomic E-state index is 12.6. The van der Waals surface area contributed by atoms with Crippen LogP contribution in [0.15, 0.2) is 42.5 Å². The molecule has 3 rings (SSSR count). The summed E-state index contributed by atoms with van der Waals surface area (Å²) in [4.78, 5) is 10.6. The predicted molar refractivity (Wildman–Crippen MR) is 110 cm³/mol. The van der Waals surface area contributed by atoms with E-state index in [0.717, 1.165) is 31.4 Å². The van der Waals surface area contributed by atoms with E-state index in [0.29, 0.717) is 36.4 Å². The quantitative estimate of drug-likeness (QED) is 0.422. The van der Waals surface area contributed by atoms with Crippen LogP contribution in [0.2, 0.25) is 0 Å². The lowest BCUT2D eigenvalue weighted by molar-refractivity contribution is -0.137. The zero-order valence-corrected chi connectivity index (χ0v) is 17.0. The van der Waals surface area contributed by atoms with Gasteiger partial charge in [0.1, 0.15) is 5.75 Å². The number of benzene rings is 1. The second kappa shape index (κ2) is 10.8.